The van der Waals surface area contributed by atoms with Crippen LogP contribution in [0.15, 0.2) is 12.1 Å². The number of nitrogens with two attached hydrogens (primary N) is 1. The van der Waals surface area contributed by atoms with Gasteiger partial charge in [-0.25, -0.2) is 9.59 Å². The lowest BCUT2D eigenvalue weighted by Gasteiger charge is -2.14. The highest BCUT2D eigenvalue weighted by molar-refractivity contribution is 5.83. The molecule has 7 nitrogen and oxygen atoms in total. The van der Waals surface area contributed by atoms with Gasteiger partial charge in [0.15, 0.2) is 12.2 Å². The smallest absolute Gasteiger partial charge is 0.335 e. The largest absolute Gasteiger partial charge is 0.479 e. The molecule has 0 aliphatic rings. The van der Waals surface area contributed by atoms with Gasteiger partial charge in [0, 0.05) is 6.04 Å². The van der Waals surface area contributed by atoms with Gasteiger partial charge >= 0.3 is 11.9 Å². The lowest BCUT2D eigenvalue weighted by molar-refractivity contribution is -0.165. The SMILES string of the molecule is Cc1cc(C)c([C@@H](C)N)c(C)c1.O=C(O)[C@H](O)[C@@H](O)C(=O)O. The van der Waals surface area contributed by atoms with E-state index in [9.17, 15) is 9.59 Å². The first-order valence-electron chi connectivity index (χ1n) is 6.64. The number of aliphatic hydroxyl groups is 2. The lowest BCUT2D eigenvalue weighted by Crippen LogP contribution is -2.39. The van der Waals surface area contributed by atoms with E-state index in [-0.39, 0.29) is 6.04 Å². The summed E-state index contributed by atoms with van der Waals surface area (Å²) >= 11 is 0. The Morgan fingerprint density at radius 3 is 1.50 bits per heavy atom. The molecule has 0 heterocycles. The highest BCUT2D eigenvalue weighted by Gasteiger charge is 2.29. The van der Waals surface area contributed by atoms with Crippen LogP contribution in [-0.4, -0.2) is 44.6 Å². The predicted molar refractivity (Wildman–Crippen MR) is 80.5 cm³/mol. The minimum absolute atomic E-state index is 0.144. The molecule has 0 aliphatic carbocycles. The molecule has 1 rings (SSSR count). The average Bonchev–Trinajstić information content (AvgIpc) is 2.35. The third-order valence-electron chi connectivity index (χ3n) is 3.00. The summed E-state index contributed by atoms with van der Waals surface area (Å²) in [5.41, 5.74) is 11.1. The van der Waals surface area contributed by atoms with Crippen molar-refractivity contribution in [3.8, 4) is 0 Å². The molecule has 0 spiro atoms. The van der Waals surface area contributed by atoms with Gasteiger partial charge in [-0.1, -0.05) is 17.7 Å². The Bertz CT molecular complexity index is 500. The number of carbonyl (C=O) groups is 2. The van der Waals surface area contributed by atoms with Crippen LogP contribution in [-0.2, 0) is 9.59 Å². The van der Waals surface area contributed by atoms with E-state index in [4.69, 9.17) is 26.2 Å². The molecule has 0 amide bonds. The normalized spacial score (nSPS) is 14.3. The summed E-state index contributed by atoms with van der Waals surface area (Å²) in [5, 5.41) is 32.5. The number of hydrogen-bond acceptors (Lipinski definition) is 5. The van der Waals surface area contributed by atoms with Gasteiger partial charge < -0.3 is 26.2 Å². The second kappa shape index (κ2) is 8.47. The van der Waals surface area contributed by atoms with Crippen LogP contribution in [0.4, 0.5) is 0 Å². The van der Waals surface area contributed by atoms with Crippen LogP contribution in [0.5, 0.6) is 0 Å². The number of aliphatic carboxylic acids is 2. The van der Waals surface area contributed by atoms with Crippen molar-refractivity contribution < 1.29 is 30.0 Å². The second-order valence-electron chi connectivity index (χ2n) is 5.17. The van der Waals surface area contributed by atoms with E-state index in [0.717, 1.165) is 0 Å². The number of carboxylic acids is 2. The van der Waals surface area contributed by atoms with Crippen LogP contribution in [0.1, 0.15) is 35.2 Å². The Morgan fingerprint density at radius 2 is 1.27 bits per heavy atom. The number of rotatable bonds is 4. The molecule has 0 aliphatic heterocycles. The van der Waals surface area contributed by atoms with Crippen molar-refractivity contribution in [1.82, 2.24) is 0 Å². The molecule has 0 unspecified atom stereocenters. The van der Waals surface area contributed by atoms with Crippen LogP contribution in [0.3, 0.4) is 0 Å². The second-order valence-corrected chi connectivity index (χ2v) is 5.17. The van der Waals surface area contributed by atoms with Crippen molar-refractivity contribution in [1.29, 1.82) is 0 Å². The lowest BCUT2D eigenvalue weighted by atomic mass is 9.95. The minimum Gasteiger partial charge on any atom is -0.479 e. The molecule has 0 radical (unpaired) electrons. The van der Waals surface area contributed by atoms with E-state index in [1.54, 1.807) is 0 Å². The van der Waals surface area contributed by atoms with Gasteiger partial charge in [0.25, 0.3) is 0 Å². The molecule has 124 valence electrons. The molecular formula is C15H23NO6. The highest BCUT2D eigenvalue weighted by atomic mass is 16.4. The van der Waals surface area contributed by atoms with Gasteiger partial charge in [-0.2, -0.15) is 0 Å². The molecule has 0 saturated carbocycles. The topological polar surface area (TPSA) is 141 Å². The Kier molecular flexibility index (Phi) is 7.72. The Hall–Kier alpha value is -1.96. The van der Waals surface area contributed by atoms with Gasteiger partial charge in [-0.3, -0.25) is 0 Å². The van der Waals surface area contributed by atoms with E-state index in [0.29, 0.717) is 0 Å². The molecule has 0 bridgehead atoms. The number of hydrogen-bond donors (Lipinski definition) is 5. The predicted octanol–water partition coefficient (Wildman–Crippen LogP) is 0.509. The summed E-state index contributed by atoms with van der Waals surface area (Å²) < 4.78 is 0. The van der Waals surface area contributed by atoms with E-state index in [1.807, 2.05) is 6.92 Å². The van der Waals surface area contributed by atoms with Crippen LogP contribution in [0.25, 0.3) is 0 Å². The number of carboxylic acid groups (broad SMARTS) is 2. The zero-order valence-electron chi connectivity index (χ0n) is 13.1. The quantitative estimate of drug-likeness (QED) is 0.545. The fraction of sp³-hybridized carbons (Fsp3) is 0.467. The van der Waals surface area contributed by atoms with Gasteiger partial charge in [-0.15, -0.1) is 0 Å². The highest BCUT2D eigenvalue weighted by Crippen LogP contribution is 2.21. The summed E-state index contributed by atoms with van der Waals surface area (Å²) in [6, 6.07) is 4.52. The maximum atomic E-state index is 9.77. The third kappa shape index (κ3) is 5.80. The Labute approximate surface area is 129 Å². The molecule has 0 fully saturated rings. The molecule has 22 heavy (non-hydrogen) atoms. The number of aliphatic hydroxyl groups excluding tert-OH is 2. The van der Waals surface area contributed by atoms with Crippen LogP contribution < -0.4 is 5.73 Å². The fourth-order valence-electron chi connectivity index (χ4n) is 2.18. The van der Waals surface area contributed by atoms with Crippen LogP contribution >= 0.6 is 0 Å². The van der Waals surface area contributed by atoms with E-state index < -0.39 is 24.1 Å². The molecule has 3 atom stereocenters. The molecule has 0 aromatic heterocycles. The zero-order valence-corrected chi connectivity index (χ0v) is 13.1. The Balaban J connectivity index is 0.000000409. The van der Waals surface area contributed by atoms with E-state index in [2.05, 4.69) is 32.9 Å². The van der Waals surface area contributed by atoms with Gasteiger partial charge in [0.1, 0.15) is 0 Å². The molecule has 0 saturated heterocycles. The van der Waals surface area contributed by atoms with Gasteiger partial charge in [0.05, 0.1) is 0 Å². The summed E-state index contributed by atoms with van der Waals surface area (Å²) in [4.78, 5) is 19.5. The van der Waals surface area contributed by atoms with E-state index in [1.165, 1.54) is 22.3 Å². The van der Waals surface area contributed by atoms with Crippen molar-refractivity contribution >= 4 is 11.9 Å². The van der Waals surface area contributed by atoms with Gasteiger partial charge in [-0.05, 0) is 44.4 Å². The molecule has 6 N–H and O–H groups in total. The Morgan fingerprint density at radius 1 is 0.955 bits per heavy atom. The first-order valence-corrected chi connectivity index (χ1v) is 6.64. The summed E-state index contributed by atoms with van der Waals surface area (Å²) in [7, 11) is 0. The summed E-state index contributed by atoms with van der Waals surface area (Å²) in [5.74, 6) is -3.54. The van der Waals surface area contributed by atoms with Crippen molar-refractivity contribution in [3.05, 3.63) is 34.4 Å². The summed E-state index contributed by atoms with van der Waals surface area (Å²) in [6.45, 7) is 8.40. The van der Waals surface area contributed by atoms with Crippen molar-refractivity contribution in [2.75, 3.05) is 0 Å². The van der Waals surface area contributed by atoms with Crippen LogP contribution in [0, 0.1) is 20.8 Å². The first kappa shape index (κ1) is 20.0. The zero-order chi connectivity index (χ0) is 17.6. The monoisotopic (exact) mass is 313 g/mol. The standard InChI is InChI=1S/C11H17N.C4H6O6/c1-7-5-8(2)11(10(4)12)9(3)6-7;5-1(3(7)8)2(6)4(9)10/h5-6,10H,12H2,1-4H3;1-2,5-6H,(H,7,8)(H,9,10)/t10-;1-,2-/m11/s1. The van der Waals surface area contributed by atoms with Crippen molar-refractivity contribution in [2.24, 2.45) is 5.73 Å². The first-order chi connectivity index (χ1) is 9.98. The summed E-state index contributed by atoms with van der Waals surface area (Å²) in [6.07, 6.45) is -4.53. The fourth-order valence-corrected chi connectivity index (χ4v) is 2.18. The maximum Gasteiger partial charge on any atom is 0.335 e. The molecular weight excluding hydrogens is 290 g/mol. The van der Waals surface area contributed by atoms with Crippen molar-refractivity contribution in [2.45, 2.75) is 45.9 Å². The van der Waals surface area contributed by atoms with Crippen molar-refractivity contribution in [3.63, 3.8) is 0 Å². The van der Waals surface area contributed by atoms with Gasteiger partial charge in [0.2, 0.25) is 0 Å². The third-order valence-corrected chi connectivity index (χ3v) is 3.00. The molecule has 1 aromatic rings. The minimum atomic E-state index is -2.27. The van der Waals surface area contributed by atoms with Crippen LogP contribution in [0.2, 0.25) is 0 Å². The van der Waals surface area contributed by atoms with E-state index >= 15 is 0 Å². The average molecular weight is 313 g/mol. The maximum absolute atomic E-state index is 9.77. The number of benzene rings is 1. The molecule has 1 aromatic carbocycles. The number of aryl methyl sites for hydroxylation is 3. The molecule has 7 heteroatoms.